The van der Waals surface area contributed by atoms with Crippen LogP contribution in [0.2, 0.25) is 0 Å². The molecule has 22 heavy (non-hydrogen) atoms. The second kappa shape index (κ2) is 6.11. The van der Waals surface area contributed by atoms with Gasteiger partial charge in [0.2, 0.25) is 0 Å². The van der Waals surface area contributed by atoms with Gasteiger partial charge in [-0.05, 0) is 67.2 Å². The van der Waals surface area contributed by atoms with E-state index in [2.05, 4.69) is 0 Å². The van der Waals surface area contributed by atoms with Gasteiger partial charge in [-0.25, -0.2) is 9.59 Å². The van der Waals surface area contributed by atoms with E-state index >= 15 is 0 Å². The van der Waals surface area contributed by atoms with Gasteiger partial charge in [-0.2, -0.15) is 0 Å². The fourth-order valence-electron chi connectivity index (χ4n) is 4.19. The molecule has 3 aliphatic rings. The van der Waals surface area contributed by atoms with Crippen LogP contribution in [0.3, 0.4) is 0 Å². The van der Waals surface area contributed by atoms with Crippen molar-refractivity contribution in [2.24, 2.45) is 11.8 Å². The zero-order valence-electron chi connectivity index (χ0n) is 12.7. The Balaban J connectivity index is 2.10. The molecule has 1 aromatic carbocycles. The summed E-state index contributed by atoms with van der Waals surface area (Å²) in [6, 6.07) is 2.94. The third-order valence-electron chi connectivity index (χ3n) is 5.39. The van der Waals surface area contributed by atoms with Crippen molar-refractivity contribution in [3.8, 4) is 0 Å². The molecule has 1 fully saturated rings. The predicted molar refractivity (Wildman–Crippen MR) is 82.5 cm³/mol. The SMILES string of the molecule is O=C(O)c1ccc(C(=O)O)c2c1CCCC1CCC(CC1)C2. The highest BCUT2D eigenvalue weighted by Gasteiger charge is 2.28. The van der Waals surface area contributed by atoms with Crippen molar-refractivity contribution in [1.29, 1.82) is 0 Å². The van der Waals surface area contributed by atoms with Gasteiger partial charge in [0.25, 0.3) is 0 Å². The fourth-order valence-corrected chi connectivity index (χ4v) is 4.19. The molecule has 118 valence electrons. The Morgan fingerprint density at radius 2 is 1.36 bits per heavy atom. The average Bonchev–Trinajstić information content (AvgIpc) is 2.50. The number of fused-ring (bicyclic) bond motifs is 4. The number of hydrogen-bond acceptors (Lipinski definition) is 2. The molecule has 1 saturated carbocycles. The van der Waals surface area contributed by atoms with Crippen LogP contribution in [0.25, 0.3) is 0 Å². The minimum Gasteiger partial charge on any atom is -0.478 e. The van der Waals surface area contributed by atoms with Gasteiger partial charge in [0.15, 0.2) is 0 Å². The molecular formula is C18H22O4. The highest BCUT2D eigenvalue weighted by molar-refractivity contribution is 5.95. The molecule has 0 atom stereocenters. The zero-order chi connectivity index (χ0) is 15.7. The summed E-state index contributed by atoms with van der Waals surface area (Å²) in [5, 5.41) is 18.9. The van der Waals surface area contributed by atoms with Crippen molar-refractivity contribution in [3.63, 3.8) is 0 Å². The highest BCUT2D eigenvalue weighted by atomic mass is 16.4. The lowest BCUT2D eigenvalue weighted by molar-refractivity contribution is 0.0678. The summed E-state index contributed by atoms with van der Waals surface area (Å²) < 4.78 is 0. The van der Waals surface area contributed by atoms with Gasteiger partial charge in [0.1, 0.15) is 0 Å². The van der Waals surface area contributed by atoms with Crippen LogP contribution in [0.4, 0.5) is 0 Å². The maximum absolute atomic E-state index is 11.6. The van der Waals surface area contributed by atoms with E-state index in [0.717, 1.165) is 42.7 Å². The number of carboxylic acids is 2. The third-order valence-corrected chi connectivity index (χ3v) is 5.39. The lowest BCUT2D eigenvalue weighted by Gasteiger charge is -2.31. The van der Waals surface area contributed by atoms with Gasteiger partial charge >= 0.3 is 11.9 Å². The van der Waals surface area contributed by atoms with Gasteiger partial charge < -0.3 is 10.2 Å². The zero-order valence-corrected chi connectivity index (χ0v) is 12.7. The average molecular weight is 302 g/mol. The number of benzene rings is 1. The normalized spacial score (nSPS) is 24.5. The van der Waals surface area contributed by atoms with Crippen LogP contribution < -0.4 is 0 Å². The van der Waals surface area contributed by atoms with Crippen molar-refractivity contribution >= 4 is 11.9 Å². The summed E-state index contributed by atoms with van der Waals surface area (Å²) in [5.41, 5.74) is 2.12. The van der Waals surface area contributed by atoms with Crippen LogP contribution in [0.15, 0.2) is 12.1 Å². The van der Waals surface area contributed by atoms with E-state index in [1.165, 1.54) is 25.0 Å². The maximum Gasteiger partial charge on any atom is 0.335 e. The van der Waals surface area contributed by atoms with Crippen molar-refractivity contribution in [1.82, 2.24) is 0 Å². The number of carboxylic acid groups (broad SMARTS) is 2. The molecule has 0 aromatic heterocycles. The molecule has 2 N–H and O–H groups in total. The highest BCUT2D eigenvalue weighted by Crippen LogP contribution is 2.37. The Morgan fingerprint density at radius 1 is 0.818 bits per heavy atom. The van der Waals surface area contributed by atoms with Crippen molar-refractivity contribution in [2.45, 2.75) is 51.4 Å². The van der Waals surface area contributed by atoms with E-state index in [4.69, 9.17) is 0 Å². The quantitative estimate of drug-likeness (QED) is 0.872. The molecule has 0 heterocycles. The van der Waals surface area contributed by atoms with Gasteiger partial charge in [0.05, 0.1) is 11.1 Å². The maximum atomic E-state index is 11.6. The summed E-state index contributed by atoms with van der Waals surface area (Å²) in [6.07, 6.45) is 8.23. The predicted octanol–water partition coefficient (Wildman–Crippen LogP) is 3.77. The number of rotatable bonds is 2. The van der Waals surface area contributed by atoms with Crippen LogP contribution in [0.5, 0.6) is 0 Å². The lowest BCUT2D eigenvalue weighted by atomic mass is 9.74. The first-order valence-electron chi connectivity index (χ1n) is 8.17. The first kappa shape index (κ1) is 15.1. The van der Waals surface area contributed by atoms with Crippen LogP contribution in [-0.2, 0) is 12.8 Å². The van der Waals surface area contributed by atoms with Crippen molar-refractivity contribution in [3.05, 3.63) is 34.4 Å². The molecule has 4 heteroatoms. The van der Waals surface area contributed by atoms with Gasteiger partial charge in [-0.3, -0.25) is 0 Å². The second-order valence-corrected chi connectivity index (χ2v) is 6.71. The first-order valence-corrected chi connectivity index (χ1v) is 8.17. The van der Waals surface area contributed by atoms with Crippen molar-refractivity contribution in [2.75, 3.05) is 0 Å². The number of hydrogen-bond donors (Lipinski definition) is 2. The van der Waals surface area contributed by atoms with E-state index in [1.54, 1.807) is 0 Å². The molecule has 0 radical (unpaired) electrons. The van der Waals surface area contributed by atoms with Crippen molar-refractivity contribution < 1.29 is 19.8 Å². The molecule has 4 rings (SSSR count). The van der Waals surface area contributed by atoms with Gasteiger partial charge in [0, 0.05) is 0 Å². The van der Waals surface area contributed by atoms with E-state index in [-0.39, 0.29) is 5.56 Å². The summed E-state index contributed by atoms with van der Waals surface area (Å²) in [5.74, 6) is -0.627. The largest absolute Gasteiger partial charge is 0.478 e. The Morgan fingerprint density at radius 3 is 1.95 bits per heavy atom. The van der Waals surface area contributed by atoms with E-state index < -0.39 is 11.9 Å². The molecule has 4 nitrogen and oxygen atoms in total. The molecule has 0 amide bonds. The minimum absolute atomic E-state index is 0.288. The number of carbonyl (C=O) groups is 2. The summed E-state index contributed by atoms with van der Waals surface area (Å²) in [4.78, 5) is 23.1. The molecule has 0 aliphatic heterocycles. The van der Waals surface area contributed by atoms with Crippen LogP contribution >= 0.6 is 0 Å². The summed E-state index contributed by atoms with van der Waals surface area (Å²) in [7, 11) is 0. The topological polar surface area (TPSA) is 74.6 Å². The van der Waals surface area contributed by atoms with Crippen LogP contribution in [0.1, 0.15) is 70.4 Å². The number of aromatic carboxylic acids is 2. The van der Waals surface area contributed by atoms with Gasteiger partial charge in [-0.15, -0.1) is 0 Å². The fraction of sp³-hybridized carbons (Fsp3) is 0.556. The van der Waals surface area contributed by atoms with E-state index in [9.17, 15) is 19.8 Å². The van der Waals surface area contributed by atoms with E-state index in [0.29, 0.717) is 24.3 Å². The molecule has 2 bridgehead atoms. The Kier molecular flexibility index (Phi) is 4.19. The molecule has 0 unspecified atom stereocenters. The molecule has 0 spiro atoms. The minimum atomic E-state index is -0.949. The van der Waals surface area contributed by atoms with Gasteiger partial charge in [-0.1, -0.05) is 19.3 Å². The smallest absolute Gasteiger partial charge is 0.335 e. The monoisotopic (exact) mass is 302 g/mol. The summed E-state index contributed by atoms with van der Waals surface area (Å²) >= 11 is 0. The molecule has 3 aliphatic carbocycles. The Bertz CT molecular complexity index is 597. The first-order chi connectivity index (χ1) is 10.6. The standard InChI is InChI=1S/C18H22O4/c19-17(20)14-8-9-15(18(21)22)16-10-12-6-4-11(5-7-12)2-1-3-13(14)16/h8-9,11-12H,1-7,10H2,(H,19,20)(H,21,22). The van der Waals surface area contributed by atoms with E-state index in [1.807, 2.05) is 0 Å². The Labute approximate surface area is 130 Å². The molecular weight excluding hydrogens is 280 g/mol. The lowest BCUT2D eigenvalue weighted by Crippen LogP contribution is -2.21. The molecule has 0 saturated heterocycles. The van der Waals surface area contributed by atoms with Crippen LogP contribution in [0, 0.1) is 11.8 Å². The molecule has 1 aromatic rings. The Hall–Kier alpha value is -1.84. The third kappa shape index (κ3) is 2.87. The summed E-state index contributed by atoms with van der Waals surface area (Å²) in [6.45, 7) is 0. The van der Waals surface area contributed by atoms with Crippen LogP contribution in [-0.4, -0.2) is 22.2 Å². The second-order valence-electron chi connectivity index (χ2n) is 6.71.